The van der Waals surface area contributed by atoms with E-state index in [4.69, 9.17) is 11.0 Å². The molecule has 0 aliphatic heterocycles. The fourth-order valence-corrected chi connectivity index (χ4v) is 2.93. The van der Waals surface area contributed by atoms with Gasteiger partial charge in [-0.3, -0.25) is 9.59 Å². The van der Waals surface area contributed by atoms with Crippen LogP contribution < -0.4 is 11.1 Å². The van der Waals surface area contributed by atoms with Crippen molar-refractivity contribution < 1.29 is 9.59 Å². The van der Waals surface area contributed by atoms with E-state index in [1.165, 1.54) is 0 Å². The summed E-state index contributed by atoms with van der Waals surface area (Å²) in [4.78, 5) is 25.0. The number of carbonyl (C=O) groups is 2. The van der Waals surface area contributed by atoms with Crippen molar-refractivity contribution in [1.82, 2.24) is 5.32 Å². The second-order valence-corrected chi connectivity index (χ2v) is 6.55. The molecule has 2 rings (SSSR count). The summed E-state index contributed by atoms with van der Waals surface area (Å²) >= 11 is 0. The zero-order chi connectivity index (χ0) is 19.2. The Kier molecular flexibility index (Phi) is 6.13. The zero-order valence-corrected chi connectivity index (χ0v) is 15.0. The molecule has 0 saturated heterocycles. The van der Waals surface area contributed by atoms with Crippen molar-refractivity contribution in [1.29, 1.82) is 5.26 Å². The molecule has 5 nitrogen and oxygen atoms in total. The highest BCUT2D eigenvalue weighted by Crippen LogP contribution is 2.32. The van der Waals surface area contributed by atoms with Crippen LogP contribution in [0.15, 0.2) is 60.7 Å². The van der Waals surface area contributed by atoms with Crippen LogP contribution >= 0.6 is 0 Å². The predicted molar refractivity (Wildman–Crippen MR) is 99.9 cm³/mol. The number of carbonyl (C=O) groups excluding carboxylic acids is 2. The highest BCUT2D eigenvalue weighted by molar-refractivity contribution is 5.95. The first-order valence-corrected chi connectivity index (χ1v) is 8.50. The number of nitrogens with zero attached hydrogens (tertiary/aromatic N) is 1. The summed E-state index contributed by atoms with van der Waals surface area (Å²) in [7, 11) is 0. The Morgan fingerprint density at radius 2 is 1.54 bits per heavy atom. The Morgan fingerprint density at radius 1 is 1.08 bits per heavy atom. The van der Waals surface area contributed by atoms with Gasteiger partial charge in [0.05, 0.1) is 11.5 Å². The van der Waals surface area contributed by atoms with E-state index in [9.17, 15) is 9.59 Å². The molecule has 2 atom stereocenters. The smallest absolute Gasteiger partial charge is 0.240 e. The second kappa shape index (κ2) is 8.30. The predicted octanol–water partition coefficient (Wildman–Crippen LogP) is 2.51. The van der Waals surface area contributed by atoms with Gasteiger partial charge in [0.1, 0.15) is 6.04 Å². The molecule has 0 aliphatic carbocycles. The van der Waals surface area contributed by atoms with Crippen LogP contribution in [-0.4, -0.2) is 17.9 Å². The van der Waals surface area contributed by atoms with Crippen LogP contribution in [0, 0.1) is 17.2 Å². The van der Waals surface area contributed by atoms with Gasteiger partial charge in [0, 0.05) is 5.92 Å². The molecule has 0 heterocycles. The molecular weight excluding hydrogens is 326 g/mol. The maximum Gasteiger partial charge on any atom is 0.240 e. The average Bonchev–Trinajstić information content (AvgIpc) is 2.67. The van der Waals surface area contributed by atoms with E-state index in [0.717, 1.165) is 11.1 Å². The largest absolute Gasteiger partial charge is 0.368 e. The standard InChI is InChI=1S/C21H23N3O2/c1-15(14-22)13-18(19(23)25)24-20(26)21(2,16-9-5-3-6-10-16)17-11-7-4-8-12-17/h3-12,15,18H,13H2,1-2H3,(H2,23,25)(H,24,26)/t15-,18-/m0/s1. The fraction of sp³-hybridized carbons (Fsp3) is 0.286. The lowest BCUT2D eigenvalue weighted by Crippen LogP contribution is -2.52. The van der Waals surface area contributed by atoms with E-state index in [2.05, 4.69) is 11.4 Å². The van der Waals surface area contributed by atoms with Gasteiger partial charge < -0.3 is 11.1 Å². The first kappa shape index (κ1) is 19.2. The van der Waals surface area contributed by atoms with Crippen molar-refractivity contribution in [2.24, 2.45) is 11.7 Å². The Labute approximate surface area is 153 Å². The molecular formula is C21H23N3O2. The summed E-state index contributed by atoms with van der Waals surface area (Å²) in [5.74, 6) is -1.37. The van der Waals surface area contributed by atoms with E-state index < -0.39 is 23.3 Å². The van der Waals surface area contributed by atoms with Gasteiger partial charge in [-0.1, -0.05) is 60.7 Å². The topological polar surface area (TPSA) is 96.0 Å². The van der Waals surface area contributed by atoms with Crippen molar-refractivity contribution in [3.63, 3.8) is 0 Å². The lowest BCUT2D eigenvalue weighted by Gasteiger charge is -2.31. The van der Waals surface area contributed by atoms with Gasteiger partial charge in [-0.15, -0.1) is 0 Å². The number of nitrogens with one attached hydrogen (secondary N) is 1. The van der Waals surface area contributed by atoms with Crippen molar-refractivity contribution >= 4 is 11.8 Å². The van der Waals surface area contributed by atoms with Gasteiger partial charge in [-0.05, 0) is 31.4 Å². The number of rotatable bonds is 7. The van der Waals surface area contributed by atoms with E-state index in [0.29, 0.717) is 0 Å². The molecule has 0 bridgehead atoms. The van der Waals surface area contributed by atoms with Crippen LogP contribution in [0.5, 0.6) is 0 Å². The molecule has 2 aromatic rings. The van der Waals surface area contributed by atoms with Crippen molar-refractivity contribution in [3.8, 4) is 6.07 Å². The number of hydrogen-bond donors (Lipinski definition) is 2. The minimum atomic E-state index is -0.994. The third-order valence-electron chi connectivity index (χ3n) is 4.61. The van der Waals surface area contributed by atoms with Gasteiger partial charge in [0.15, 0.2) is 0 Å². The maximum atomic E-state index is 13.2. The van der Waals surface area contributed by atoms with Crippen LogP contribution in [-0.2, 0) is 15.0 Å². The van der Waals surface area contributed by atoms with Crippen LogP contribution in [0.2, 0.25) is 0 Å². The molecule has 26 heavy (non-hydrogen) atoms. The van der Waals surface area contributed by atoms with Crippen LogP contribution in [0.25, 0.3) is 0 Å². The third-order valence-corrected chi connectivity index (χ3v) is 4.61. The molecule has 5 heteroatoms. The van der Waals surface area contributed by atoms with Crippen LogP contribution in [0.1, 0.15) is 31.4 Å². The number of benzene rings is 2. The van der Waals surface area contributed by atoms with Crippen LogP contribution in [0.4, 0.5) is 0 Å². The highest BCUT2D eigenvalue weighted by atomic mass is 16.2. The Morgan fingerprint density at radius 3 is 1.92 bits per heavy atom. The summed E-state index contributed by atoms with van der Waals surface area (Å²) in [6.07, 6.45) is 0.178. The summed E-state index contributed by atoms with van der Waals surface area (Å²) in [5.41, 5.74) is 6.06. The molecule has 0 radical (unpaired) electrons. The van der Waals surface area contributed by atoms with Gasteiger partial charge in [0.2, 0.25) is 11.8 Å². The van der Waals surface area contributed by atoms with E-state index in [1.807, 2.05) is 67.6 Å². The number of nitrogens with two attached hydrogens (primary N) is 1. The lowest BCUT2D eigenvalue weighted by atomic mass is 9.75. The number of nitriles is 1. The lowest BCUT2D eigenvalue weighted by molar-refractivity contribution is -0.130. The monoisotopic (exact) mass is 349 g/mol. The Hall–Kier alpha value is -3.13. The fourth-order valence-electron chi connectivity index (χ4n) is 2.93. The summed E-state index contributed by atoms with van der Waals surface area (Å²) in [6.45, 7) is 3.51. The molecule has 0 unspecified atom stereocenters. The second-order valence-electron chi connectivity index (χ2n) is 6.55. The number of hydrogen-bond acceptors (Lipinski definition) is 3. The summed E-state index contributed by atoms with van der Waals surface area (Å²) in [6, 6.07) is 19.9. The molecule has 2 amide bonds. The molecule has 0 spiro atoms. The molecule has 134 valence electrons. The molecule has 0 aromatic heterocycles. The van der Waals surface area contributed by atoms with Crippen LogP contribution in [0.3, 0.4) is 0 Å². The quantitative estimate of drug-likeness (QED) is 0.804. The van der Waals surface area contributed by atoms with E-state index in [-0.39, 0.29) is 12.3 Å². The van der Waals surface area contributed by atoms with Gasteiger partial charge in [-0.2, -0.15) is 5.26 Å². The zero-order valence-electron chi connectivity index (χ0n) is 15.0. The molecule has 0 saturated carbocycles. The highest BCUT2D eigenvalue weighted by Gasteiger charge is 2.38. The average molecular weight is 349 g/mol. The number of primary amides is 1. The normalized spacial score (nSPS) is 13.3. The molecule has 3 N–H and O–H groups in total. The van der Waals surface area contributed by atoms with Gasteiger partial charge >= 0.3 is 0 Å². The maximum absolute atomic E-state index is 13.2. The minimum absolute atomic E-state index is 0.178. The molecule has 0 aliphatic rings. The third kappa shape index (κ3) is 4.09. The Balaban J connectivity index is 2.41. The van der Waals surface area contributed by atoms with Crippen molar-refractivity contribution in [2.75, 3.05) is 0 Å². The van der Waals surface area contributed by atoms with E-state index in [1.54, 1.807) is 6.92 Å². The number of amides is 2. The first-order valence-electron chi connectivity index (χ1n) is 8.50. The molecule has 0 fully saturated rings. The minimum Gasteiger partial charge on any atom is -0.368 e. The van der Waals surface area contributed by atoms with E-state index >= 15 is 0 Å². The first-order chi connectivity index (χ1) is 12.4. The Bertz CT molecular complexity index is 758. The SMILES string of the molecule is C[C@H](C#N)C[C@H](NC(=O)C(C)(c1ccccc1)c1ccccc1)C(N)=O. The summed E-state index contributed by atoms with van der Waals surface area (Å²) in [5, 5.41) is 11.8. The van der Waals surface area contributed by atoms with Gasteiger partial charge in [0.25, 0.3) is 0 Å². The molecule has 2 aromatic carbocycles. The van der Waals surface area contributed by atoms with Gasteiger partial charge in [-0.25, -0.2) is 0 Å². The van der Waals surface area contributed by atoms with Crippen molar-refractivity contribution in [3.05, 3.63) is 71.8 Å². The van der Waals surface area contributed by atoms with Crippen molar-refractivity contribution in [2.45, 2.75) is 31.7 Å². The summed E-state index contributed by atoms with van der Waals surface area (Å²) < 4.78 is 0.